The third kappa shape index (κ3) is 3.76. The Morgan fingerprint density at radius 3 is 2.13 bits per heavy atom. The van der Waals surface area contributed by atoms with Crippen molar-refractivity contribution in [2.24, 2.45) is 0 Å². The van der Waals surface area contributed by atoms with Crippen LogP contribution < -0.4 is 0 Å². The van der Waals surface area contributed by atoms with E-state index in [9.17, 15) is 9.90 Å². The SMILES string of the molecule is Cc1ccc(CN2C(=O)C(O)=C(c3ccccc3)[C@H]2c2ccc(C(C)C)cc2)cc1. The molecule has 0 spiro atoms. The fourth-order valence-electron chi connectivity index (χ4n) is 4.03. The number of hydrogen-bond acceptors (Lipinski definition) is 2. The molecule has 3 aromatic carbocycles. The van der Waals surface area contributed by atoms with Crippen LogP contribution in [0.1, 0.15) is 53.6 Å². The van der Waals surface area contributed by atoms with Crippen LogP contribution in [0.25, 0.3) is 5.57 Å². The fourth-order valence-corrected chi connectivity index (χ4v) is 4.03. The van der Waals surface area contributed by atoms with Crippen LogP contribution in [-0.4, -0.2) is 15.9 Å². The average Bonchev–Trinajstić information content (AvgIpc) is 3.01. The second kappa shape index (κ2) is 8.19. The monoisotopic (exact) mass is 397 g/mol. The van der Waals surface area contributed by atoms with E-state index < -0.39 is 0 Å². The van der Waals surface area contributed by atoms with Crippen molar-refractivity contribution >= 4 is 11.5 Å². The van der Waals surface area contributed by atoms with Gasteiger partial charge in [0.2, 0.25) is 0 Å². The van der Waals surface area contributed by atoms with Crippen LogP contribution in [0.3, 0.4) is 0 Å². The molecule has 1 atom stereocenters. The lowest BCUT2D eigenvalue weighted by Gasteiger charge is -2.28. The summed E-state index contributed by atoms with van der Waals surface area (Å²) in [5, 5.41) is 10.9. The van der Waals surface area contributed by atoms with E-state index in [1.165, 1.54) is 11.1 Å². The lowest BCUT2D eigenvalue weighted by molar-refractivity contribution is -0.130. The number of benzene rings is 3. The molecular formula is C27H27NO2. The number of rotatable bonds is 5. The van der Waals surface area contributed by atoms with Gasteiger partial charge in [-0.1, -0.05) is 98.3 Å². The van der Waals surface area contributed by atoms with E-state index in [1.807, 2.05) is 61.5 Å². The molecule has 3 aromatic rings. The maximum absolute atomic E-state index is 13.1. The van der Waals surface area contributed by atoms with Gasteiger partial charge in [-0.2, -0.15) is 0 Å². The number of carbonyl (C=O) groups is 1. The first-order chi connectivity index (χ1) is 14.5. The summed E-state index contributed by atoms with van der Waals surface area (Å²) in [7, 11) is 0. The van der Waals surface area contributed by atoms with Gasteiger partial charge in [0, 0.05) is 12.1 Å². The molecule has 0 fully saturated rings. The highest BCUT2D eigenvalue weighted by Gasteiger charge is 2.40. The van der Waals surface area contributed by atoms with E-state index in [-0.39, 0.29) is 17.7 Å². The zero-order valence-corrected chi connectivity index (χ0v) is 17.7. The second-order valence-electron chi connectivity index (χ2n) is 8.27. The largest absolute Gasteiger partial charge is 0.503 e. The van der Waals surface area contributed by atoms with Gasteiger partial charge in [0.05, 0.1) is 6.04 Å². The summed E-state index contributed by atoms with van der Waals surface area (Å²) in [4.78, 5) is 14.9. The second-order valence-corrected chi connectivity index (χ2v) is 8.27. The van der Waals surface area contributed by atoms with E-state index in [1.54, 1.807) is 4.90 Å². The van der Waals surface area contributed by atoms with E-state index in [0.717, 1.165) is 16.7 Å². The Balaban J connectivity index is 1.78. The van der Waals surface area contributed by atoms with Crippen LogP contribution >= 0.6 is 0 Å². The molecule has 1 aliphatic rings. The topological polar surface area (TPSA) is 40.5 Å². The standard InChI is InChI=1S/C27H27NO2/c1-18(2)21-13-15-23(16-14-21)25-24(22-7-5-4-6-8-22)26(29)27(30)28(25)17-20-11-9-19(3)10-12-20/h4-16,18,25,29H,17H2,1-3H3/t25-/m1/s1. The molecule has 1 N–H and O–H groups in total. The lowest BCUT2D eigenvalue weighted by Crippen LogP contribution is -2.29. The zero-order chi connectivity index (χ0) is 21.3. The van der Waals surface area contributed by atoms with Crippen molar-refractivity contribution in [1.82, 2.24) is 4.90 Å². The van der Waals surface area contributed by atoms with Gasteiger partial charge in [-0.05, 0) is 35.1 Å². The molecule has 0 saturated carbocycles. The molecule has 0 saturated heterocycles. The Morgan fingerprint density at radius 1 is 0.900 bits per heavy atom. The molecule has 0 aliphatic carbocycles. The Bertz CT molecular complexity index is 1060. The molecule has 0 unspecified atom stereocenters. The number of carbonyl (C=O) groups excluding carboxylic acids is 1. The highest BCUT2D eigenvalue weighted by molar-refractivity contribution is 6.05. The van der Waals surface area contributed by atoms with Gasteiger partial charge < -0.3 is 10.0 Å². The normalized spacial score (nSPS) is 16.6. The number of amides is 1. The van der Waals surface area contributed by atoms with E-state index in [4.69, 9.17) is 0 Å². The molecule has 3 nitrogen and oxygen atoms in total. The number of aliphatic hydroxyl groups is 1. The third-order valence-corrected chi connectivity index (χ3v) is 5.78. The summed E-state index contributed by atoms with van der Waals surface area (Å²) in [5.41, 5.74) is 6.02. The van der Waals surface area contributed by atoms with E-state index in [0.29, 0.717) is 18.0 Å². The van der Waals surface area contributed by atoms with Gasteiger partial charge in [0.15, 0.2) is 5.76 Å². The quantitative estimate of drug-likeness (QED) is 0.559. The first-order valence-electron chi connectivity index (χ1n) is 10.4. The van der Waals surface area contributed by atoms with Crippen molar-refractivity contribution in [3.05, 3.63) is 112 Å². The van der Waals surface area contributed by atoms with Crippen molar-refractivity contribution in [2.75, 3.05) is 0 Å². The van der Waals surface area contributed by atoms with Gasteiger partial charge >= 0.3 is 0 Å². The van der Waals surface area contributed by atoms with Crippen molar-refractivity contribution in [2.45, 2.75) is 39.3 Å². The van der Waals surface area contributed by atoms with Crippen molar-refractivity contribution in [3.63, 3.8) is 0 Å². The molecule has 1 amide bonds. The number of aryl methyl sites for hydroxylation is 1. The number of nitrogens with zero attached hydrogens (tertiary/aromatic N) is 1. The molecule has 0 aromatic heterocycles. The summed E-state index contributed by atoms with van der Waals surface area (Å²) in [5.74, 6) is -0.0518. The van der Waals surface area contributed by atoms with Crippen LogP contribution in [0.4, 0.5) is 0 Å². The van der Waals surface area contributed by atoms with Crippen molar-refractivity contribution in [1.29, 1.82) is 0 Å². The van der Waals surface area contributed by atoms with Crippen LogP contribution in [-0.2, 0) is 11.3 Å². The maximum Gasteiger partial charge on any atom is 0.290 e. The minimum atomic E-state index is -0.331. The van der Waals surface area contributed by atoms with Gasteiger partial charge in [0.1, 0.15) is 0 Å². The molecule has 0 radical (unpaired) electrons. The summed E-state index contributed by atoms with van der Waals surface area (Å²) < 4.78 is 0. The molecule has 152 valence electrons. The molecule has 4 rings (SSSR count). The Kier molecular flexibility index (Phi) is 5.45. The summed E-state index contributed by atoms with van der Waals surface area (Å²) >= 11 is 0. The highest BCUT2D eigenvalue weighted by Crippen LogP contribution is 2.43. The predicted octanol–water partition coefficient (Wildman–Crippen LogP) is 6.17. The first-order valence-corrected chi connectivity index (χ1v) is 10.4. The van der Waals surface area contributed by atoms with Gasteiger partial charge in [-0.3, -0.25) is 4.79 Å². The van der Waals surface area contributed by atoms with E-state index >= 15 is 0 Å². The Morgan fingerprint density at radius 2 is 1.53 bits per heavy atom. The average molecular weight is 398 g/mol. The van der Waals surface area contributed by atoms with Crippen LogP contribution in [0, 0.1) is 6.92 Å². The molecular weight excluding hydrogens is 370 g/mol. The van der Waals surface area contributed by atoms with Gasteiger partial charge in [-0.15, -0.1) is 0 Å². The summed E-state index contributed by atoms with van der Waals surface area (Å²) in [6.45, 7) is 6.82. The molecule has 0 bridgehead atoms. The summed E-state index contributed by atoms with van der Waals surface area (Å²) in [6.07, 6.45) is 0. The molecule has 3 heteroatoms. The van der Waals surface area contributed by atoms with Crippen molar-refractivity contribution < 1.29 is 9.90 Å². The summed E-state index contributed by atoms with van der Waals surface area (Å²) in [6, 6.07) is 25.9. The van der Waals surface area contributed by atoms with Gasteiger partial charge in [-0.25, -0.2) is 0 Å². The fraction of sp³-hybridized carbons (Fsp3) is 0.222. The van der Waals surface area contributed by atoms with Crippen molar-refractivity contribution in [3.8, 4) is 0 Å². The third-order valence-electron chi connectivity index (χ3n) is 5.78. The van der Waals surface area contributed by atoms with E-state index in [2.05, 4.69) is 38.1 Å². The van der Waals surface area contributed by atoms with Crippen LogP contribution in [0.2, 0.25) is 0 Å². The number of aliphatic hydroxyl groups excluding tert-OH is 1. The predicted molar refractivity (Wildman–Crippen MR) is 121 cm³/mol. The Labute approximate surface area is 178 Å². The lowest BCUT2D eigenvalue weighted by atomic mass is 9.91. The number of hydrogen-bond donors (Lipinski definition) is 1. The van der Waals surface area contributed by atoms with Crippen LogP contribution in [0.15, 0.2) is 84.6 Å². The molecule has 30 heavy (non-hydrogen) atoms. The smallest absolute Gasteiger partial charge is 0.290 e. The molecule has 1 heterocycles. The maximum atomic E-state index is 13.1. The molecule has 1 aliphatic heterocycles. The zero-order valence-electron chi connectivity index (χ0n) is 17.7. The highest BCUT2D eigenvalue weighted by atomic mass is 16.3. The minimum absolute atomic E-state index is 0.161. The van der Waals surface area contributed by atoms with Crippen LogP contribution in [0.5, 0.6) is 0 Å². The first kappa shape index (κ1) is 20.0. The minimum Gasteiger partial charge on any atom is -0.503 e. The van der Waals surface area contributed by atoms with Gasteiger partial charge in [0.25, 0.3) is 5.91 Å². The Hall–Kier alpha value is -3.33.